The van der Waals surface area contributed by atoms with Gasteiger partial charge in [0.1, 0.15) is 5.76 Å². The van der Waals surface area contributed by atoms with Crippen LogP contribution in [-0.2, 0) is 21.7 Å². The fourth-order valence-electron chi connectivity index (χ4n) is 1.39. The van der Waals surface area contributed by atoms with Crippen molar-refractivity contribution in [3.05, 3.63) is 34.7 Å². The molecule has 0 aliphatic heterocycles. The molecule has 20 heavy (non-hydrogen) atoms. The first-order valence-corrected chi connectivity index (χ1v) is 7.41. The van der Waals surface area contributed by atoms with Crippen molar-refractivity contribution in [1.82, 2.24) is 4.98 Å². The Balaban J connectivity index is 1.91. The summed E-state index contributed by atoms with van der Waals surface area (Å²) >= 11 is 2.81. The average molecular weight is 313 g/mol. The molecule has 0 unspecified atom stereocenters. The van der Waals surface area contributed by atoms with E-state index in [9.17, 15) is 9.59 Å². The van der Waals surface area contributed by atoms with E-state index in [-0.39, 0.29) is 12.2 Å². The Morgan fingerprint density at radius 2 is 2.30 bits per heavy atom. The van der Waals surface area contributed by atoms with E-state index in [1.165, 1.54) is 30.2 Å². The van der Waals surface area contributed by atoms with E-state index < -0.39 is 11.9 Å². The van der Waals surface area contributed by atoms with E-state index in [1.807, 2.05) is 0 Å². The monoisotopic (exact) mass is 313 g/mol. The minimum absolute atomic E-state index is 0.0791. The number of nitrogens with zero attached hydrogens (tertiary/aromatic N) is 1. The first-order chi connectivity index (χ1) is 9.58. The van der Waals surface area contributed by atoms with Gasteiger partial charge in [0, 0.05) is 5.38 Å². The number of methoxy groups -OCH3 is 1. The number of carboxylic acids is 1. The highest BCUT2D eigenvalue weighted by atomic mass is 32.2. The Morgan fingerprint density at radius 3 is 3.00 bits per heavy atom. The molecule has 0 atom stereocenters. The number of carbonyl (C=O) groups is 2. The number of aliphatic carboxylic acids is 1. The third-order valence-corrected chi connectivity index (χ3v) is 4.34. The van der Waals surface area contributed by atoms with Gasteiger partial charge in [-0.05, 0) is 12.1 Å². The van der Waals surface area contributed by atoms with E-state index in [4.69, 9.17) is 9.52 Å². The van der Waals surface area contributed by atoms with Gasteiger partial charge in [0.25, 0.3) is 0 Å². The Hall–Kier alpha value is -1.80. The molecule has 0 bridgehead atoms. The fraction of sp³-hybridized carbons (Fsp3) is 0.250. The predicted molar refractivity (Wildman–Crippen MR) is 73.1 cm³/mol. The molecule has 0 aromatic carbocycles. The van der Waals surface area contributed by atoms with Gasteiger partial charge in [0.05, 0.1) is 25.0 Å². The number of hydrogen-bond donors (Lipinski definition) is 1. The van der Waals surface area contributed by atoms with Crippen LogP contribution in [0.2, 0.25) is 0 Å². The maximum absolute atomic E-state index is 11.2. The van der Waals surface area contributed by atoms with Crippen molar-refractivity contribution in [3.8, 4) is 0 Å². The van der Waals surface area contributed by atoms with Crippen LogP contribution in [0, 0.1) is 0 Å². The lowest BCUT2D eigenvalue weighted by Crippen LogP contribution is -1.99. The number of rotatable bonds is 6. The highest BCUT2D eigenvalue weighted by Gasteiger charge is 2.12. The van der Waals surface area contributed by atoms with Crippen LogP contribution in [0.15, 0.2) is 26.3 Å². The molecule has 2 aromatic rings. The lowest BCUT2D eigenvalue weighted by molar-refractivity contribution is -0.136. The van der Waals surface area contributed by atoms with Crippen molar-refractivity contribution in [2.45, 2.75) is 16.5 Å². The summed E-state index contributed by atoms with van der Waals surface area (Å²) in [6.45, 7) is 0. The normalized spacial score (nSPS) is 10.4. The van der Waals surface area contributed by atoms with Gasteiger partial charge in [-0.2, -0.15) is 0 Å². The highest BCUT2D eigenvalue weighted by Crippen LogP contribution is 2.27. The second kappa shape index (κ2) is 6.58. The third-order valence-electron chi connectivity index (χ3n) is 2.25. The first kappa shape index (κ1) is 14.6. The van der Waals surface area contributed by atoms with Gasteiger partial charge in [-0.25, -0.2) is 9.78 Å². The number of aromatic nitrogens is 1. The molecule has 0 amide bonds. The van der Waals surface area contributed by atoms with Crippen molar-refractivity contribution in [1.29, 1.82) is 0 Å². The molecule has 1 N–H and O–H groups in total. The van der Waals surface area contributed by atoms with Crippen LogP contribution in [0.3, 0.4) is 0 Å². The maximum atomic E-state index is 11.2. The molecule has 0 aliphatic rings. The second-order valence-electron chi connectivity index (χ2n) is 3.72. The number of thiazole rings is 1. The van der Waals surface area contributed by atoms with Gasteiger partial charge in [-0.1, -0.05) is 11.8 Å². The lowest BCUT2D eigenvalue weighted by atomic mass is 10.3. The molecule has 0 saturated heterocycles. The summed E-state index contributed by atoms with van der Waals surface area (Å²) < 4.78 is 10.6. The van der Waals surface area contributed by atoms with E-state index in [0.29, 0.717) is 17.2 Å². The molecule has 0 saturated carbocycles. The fourth-order valence-corrected chi connectivity index (χ4v) is 3.13. The number of esters is 1. The Kier molecular flexibility index (Phi) is 4.80. The third kappa shape index (κ3) is 3.84. The molecular formula is C12H11NO5S2. The van der Waals surface area contributed by atoms with Crippen molar-refractivity contribution >= 4 is 35.0 Å². The number of furan rings is 1. The molecule has 8 heteroatoms. The zero-order chi connectivity index (χ0) is 14.5. The number of thioether (sulfide) groups is 1. The van der Waals surface area contributed by atoms with Crippen LogP contribution in [0.1, 0.15) is 22.0 Å². The summed E-state index contributed by atoms with van der Waals surface area (Å²) in [4.78, 5) is 26.0. The van der Waals surface area contributed by atoms with Crippen LogP contribution in [0.5, 0.6) is 0 Å². The summed E-state index contributed by atoms with van der Waals surface area (Å²) in [6, 6.07) is 3.25. The van der Waals surface area contributed by atoms with Crippen LogP contribution in [0.25, 0.3) is 0 Å². The number of carboxylic acid groups (broad SMARTS) is 1. The minimum atomic E-state index is -0.902. The largest absolute Gasteiger partial charge is 0.481 e. The summed E-state index contributed by atoms with van der Waals surface area (Å²) in [5.74, 6) is -0.115. The first-order valence-electron chi connectivity index (χ1n) is 5.54. The van der Waals surface area contributed by atoms with Crippen LogP contribution >= 0.6 is 23.1 Å². The predicted octanol–water partition coefficient (Wildman–Crippen LogP) is 2.44. The SMILES string of the molecule is COC(=O)c1ccc(CSc2nc(CC(=O)O)cs2)o1. The summed E-state index contributed by atoms with van der Waals surface area (Å²) in [5, 5.41) is 10.4. The highest BCUT2D eigenvalue weighted by molar-refractivity contribution is 8.00. The average Bonchev–Trinajstić information content (AvgIpc) is 3.04. The zero-order valence-corrected chi connectivity index (χ0v) is 12.1. The van der Waals surface area contributed by atoms with Crippen molar-refractivity contribution < 1.29 is 23.8 Å². The van der Waals surface area contributed by atoms with E-state index >= 15 is 0 Å². The number of carbonyl (C=O) groups excluding carboxylic acids is 1. The molecule has 0 fully saturated rings. The van der Waals surface area contributed by atoms with Crippen LogP contribution in [-0.4, -0.2) is 29.1 Å². The van der Waals surface area contributed by atoms with E-state index in [1.54, 1.807) is 17.5 Å². The van der Waals surface area contributed by atoms with Gasteiger partial charge in [-0.3, -0.25) is 4.79 Å². The summed E-state index contributed by atoms with van der Waals surface area (Å²) in [6.07, 6.45) is -0.0791. The lowest BCUT2D eigenvalue weighted by Gasteiger charge is -1.95. The standard InChI is InChI=1S/C12H11NO5S2/c1-17-11(16)9-3-2-8(18-9)6-20-12-13-7(5-19-12)4-10(14)15/h2-3,5H,4,6H2,1H3,(H,14,15). The van der Waals surface area contributed by atoms with Gasteiger partial charge in [0.2, 0.25) is 5.76 Å². The quantitative estimate of drug-likeness (QED) is 0.647. The number of ether oxygens (including phenoxy) is 1. The van der Waals surface area contributed by atoms with Gasteiger partial charge in [-0.15, -0.1) is 11.3 Å². The van der Waals surface area contributed by atoms with Crippen molar-refractivity contribution in [2.75, 3.05) is 7.11 Å². The molecule has 6 nitrogen and oxygen atoms in total. The molecule has 0 radical (unpaired) electrons. The minimum Gasteiger partial charge on any atom is -0.481 e. The molecule has 2 aromatic heterocycles. The van der Waals surface area contributed by atoms with Gasteiger partial charge < -0.3 is 14.3 Å². The van der Waals surface area contributed by atoms with Crippen LogP contribution < -0.4 is 0 Å². The van der Waals surface area contributed by atoms with Crippen LogP contribution in [0.4, 0.5) is 0 Å². The second-order valence-corrected chi connectivity index (χ2v) is 5.80. The Morgan fingerprint density at radius 1 is 1.50 bits per heavy atom. The van der Waals surface area contributed by atoms with Gasteiger partial charge >= 0.3 is 11.9 Å². The molecule has 2 heterocycles. The zero-order valence-electron chi connectivity index (χ0n) is 10.5. The van der Waals surface area contributed by atoms with Gasteiger partial charge in [0.15, 0.2) is 4.34 Å². The summed E-state index contributed by atoms with van der Waals surface area (Å²) in [5.41, 5.74) is 0.541. The molecule has 2 rings (SSSR count). The molecule has 0 aliphatic carbocycles. The topological polar surface area (TPSA) is 89.6 Å². The van der Waals surface area contributed by atoms with Crippen molar-refractivity contribution in [3.63, 3.8) is 0 Å². The molecular weight excluding hydrogens is 302 g/mol. The smallest absolute Gasteiger partial charge is 0.373 e. The Bertz CT molecular complexity index is 619. The van der Waals surface area contributed by atoms with E-state index in [0.717, 1.165) is 4.34 Å². The number of hydrogen-bond acceptors (Lipinski definition) is 7. The van der Waals surface area contributed by atoms with Crippen molar-refractivity contribution in [2.24, 2.45) is 0 Å². The Labute approximate surface area is 122 Å². The van der Waals surface area contributed by atoms with E-state index in [2.05, 4.69) is 9.72 Å². The molecule has 106 valence electrons. The molecule has 0 spiro atoms. The summed E-state index contributed by atoms with van der Waals surface area (Å²) in [7, 11) is 1.29. The maximum Gasteiger partial charge on any atom is 0.373 e.